The van der Waals surface area contributed by atoms with Gasteiger partial charge in [0.15, 0.2) is 0 Å². The first-order chi connectivity index (χ1) is 16.0. The zero-order valence-corrected chi connectivity index (χ0v) is 18.7. The Kier molecular flexibility index (Phi) is 6.31. The van der Waals surface area contributed by atoms with Crippen LogP contribution < -0.4 is 15.4 Å². The van der Waals surface area contributed by atoms with Crippen molar-refractivity contribution in [3.63, 3.8) is 0 Å². The quantitative estimate of drug-likeness (QED) is 0.466. The van der Waals surface area contributed by atoms with Gasteiger partial charge >= 0.3 is 0 Å². The second kappa shape index (κ2) is 9.48. The van der Waals surface area contributed by atoms with E-state index in [1.165, 1.54) is 0 Å². The number of hydrogen-bond acceptors (Lipinski definition) is 5. The van der Waals surface area contributed by atoms with Crippen molar-refractivity contribution < 1.29 is 14.3 Å². The third-order valence-electron chi connectivity index (χ3n) is 5.34. The molecule has 7 nitrogen and oxygen atoms in total. The van der Waals surface area contributed by atoms with Crippen molar-refractivity contribution >= 4 is 22.7 Å². The summed E-state index contributed by atoms with van der Waals surface area (Å²) in [6, 6.07) is 16.6. The lowest BCUT2D eigenvalue weighted by Crippen LogP contribution is -2.24. The Balaban J connectivity index is 1.53. The molecule has 0 radical (unpaired) electrons. The molecule has 0 saturated carbocycles. The fourth-order valence-electron chi connectivity index (χ4n) is 3.52. The van der Waals surface area contributed by atoms with Gasteiger partial charge in [0.1, 0.15) is 17.2 Å². The Labute approximate surface area is 191 Å². The SMILES string of the molecule is CNC(=O)c1cc(CNC(=O)c2cccc(Oc3ccnc4cc(C)ccc34)c2C)ccn1. The monoisotopic (exact) mass is 440 g/mol. The fourth-order valence-corrected chi connectivity index (χ4v) is 3.52. The Morgan fingerprint density at radius 3 is 2.55 bits per heavy atom. The molecule has 0 spiro atoms. The van der Waals surface area contributed by atoms with Gasteiger partial charge in [-0.05, 0) is 67.4 Å². The number of carbonyl (C=O) groups is 2. The number of ether oxygens (including phenoxy) is 1. The van der Waals surface area contributed by atoms with Crippen LogP contribution >= 0.6 is 0 Å². The van der Waals surface area contributed by atoms with Gasteiger partial charge in [-0.3, -0.25) is 19.6 Å². The summed E-state index contributed by atoms with van der Waals surface area (Å²) in [5.41, 5.74) is 4.30. The standard InChI is InChI=1S/C26H24N4O3/c1-16-7-8-20-21(13-16)28-12-10-24(20)33-23-6-4-5-19(17(23)2)25(31)30-15-18-9-11-29-22(14-18)26(32)27-3/h4-14H,15H2,1-3H3,(H,27,32)(H,30,31). The molecule has 0 unspecified atom stereocenters. The summed E-state index contributed by atoms with van der Waals surface area (Å²) in [4.78, 5) is 33.1. The highest BCUT2D eigenvalue weighted by molar-refractivity contribution is 5.96. The van der Waals surface area contributed by atoms with E-state index in [0.29, 0.717) is 22.8 Å². The molecule has 0 bridgehead atoms. The number of aryl methyl sites for hydroxylation is 1. The predicted octanol–water partition coefficient (Wildman–Crippen LogP) is 4.33. The molecule has 2 aromatic carbocycles. The summed E-state index contributed by atoms with van der Waals surface area (Å²) in [5.74, 6) is 0.773. The van der Waals surface area contributed by atoms with E-state index in [1.54, 1.807) is 43.7 Å². The number of amides is 2. The molecule has 2 heterocycles. The number of rotatable bonds is 6. The van der Waals surface area contributed by atoms with Crippen molar-refractivity contribution in [1.82, 2.24) is 20.6 Å². The number of hydrogen-bond donors (Lipinski definition) is 2. The van der Waals surface area contributed by atoms with Crippen LogP contribution in [0, 0.1) is 13.8 Å². The van der Waals surface area contributed by atoms with Crippen LogP contribution in [0.3, 0.4) is 0 Å². The van der Waals surface area contributed by atoms with Gasteiger partial charge in [-0.25, -0.2) is 0 Å². The van der Waals surface area contributed by atoms with Crippen LogP contribution in [0.5, 0.6) is 11.5 Å². The van der Waals surface area contributed by atoms with Crippen LogP contribution in [-0.4, -0.2) is 28.8 Å². The molecule has 0 aliphatic carbocycles. The van der Waals surface area contributed by atoms with Crippen molar-refractivity contribution in [3.8, 4) is 11.5 Å². The van der Waals surface area contributed by atoms with Crippen LogP contribution in [0.4, 0.5) is 0 Å². The largest absolute Gasteiger partial charge is 0.456 e. The first kappa shape index (κ1) is 22.0. The van der Waals surface area contributed by atoms with Crippen molar-refractivity contribution in [3.05, 3.63) is 94.9 Å². The van der Waals surface area contributed by atoms with E-state index in [1.807, 2.05) is 44.2 Å². The highest BCUT2D eigenvalue weighted by atomic mass is 16.5. The Bertz CT molecular complexity index is 1350. The average Bonchev–Trinajstić information content (AvgIpc) is 2.83. The van der Waals surface area contributed by atoms with E-state index >= 15 is 0 Å². The van der Waals surface area contributed by atoms with Gasteiger partial charge in [-0.15, -0.1) is 0 Å². The second-order valence-corrected chi connectivity index (χ2v) is 7.67. The third kappa shape index (κ3) is 4.82. The number of benzene rings is 2. The third-order valence-corrected chi connectivity index (χ3v) is 5.34. The first-order valence-electron chi connectivity index (χ1n) is 10.5. The van der Waals surface area contributed by atoms with Gasteiger partial charge in [0, 0.05) is 42.5 Å². The summed E-state index contributed by atoms with van der Waals surface area (Å²) in [5, 5.41) is 6.35. The number of fused-ring (bicyclic) bond motifs is 1. The number of aromatic nitrogens is 2. The molecule has 2 aromatic heterocycles. The van der Waals surface area contributed by atoms with Gasteiger partial charge < -0.3 is 15.4 Å². The Morgan fingerprint density at radius 1 is 0.909 bits per heavy atom. The van der Waals surface area contributed by atoms with E-state index < -0.39 is 0 Å². The van der Waals surface area contributed by atoms with Gasteiger partial charge in [-0.2, -0.15) is 0 Å². The molecule has 7 heteroatoms. The summed E-state index contributed by atoms with van der Waals surface area (Å²) in [6.07, 6.45) is 3.26. The van der Waals surface area contributed by atoms with Gasteiger partial charge in [-0.1, -0.05) is 12.1 Å². The lowest BCUT2D eigenvalue weighted by Gasteiger charge is -2.14. The van der Waals surface area contributed by atoms with Crippen molar-refractivity contribution in [2.75, 3.05) is 7.05 Å². The molecule has 0 aliphatic rings. The molecular formula is C26H24N4O3. The molecule has 4 rings (SSSR count). The first-order valence-corrected chi connectivity index (χ1v) is 10.5. The van der Waals surface area contributed by atoms with Gasteiger partial charge in [0.25, 0.3) is 11.8 Å². The topological polar surface area (TPSA) is 93.2 Å². The summed E-state index contributed by atoms with van der Waals surface area (Å²) < 4.78 is 6.20. The molecule has 2 amide bonds. The minimum absolute atomic E-state index is 0.230. The van der Waals surface area contributed by atoms with Gasteiger partial charge in [0.2, 0.25) is 0 Å². The van der Waals surface area contributed by atoms with Crippen LogP contribution in [0.15, 0.2) is 67.0 Å². The summed E-state index contributed by atoms with van der Waals surface area (Å²) in [6.45, 7) is 4.14. The molecule has 166 valence electrons. The zero-order valence-electron chi connectivity index (χ0n) is 18.7. The second-order valence-electron chi connectivity index (χ2n) is 7.67. The smallest absolute Gasteiger partial charge is 0.269 e. The molecule has 33 heavy (non-hydrogen) atoms. The van der Waals surface area contributed by atoms with E-state index in [2.05, 4.69) is 20.6 Å². The predicted molar refractivity (Wildman–Crippen MR) is 127 cm³/mol. The van der Waals surface area contributed by atoms with E-state index in [-0.39, 0.29) is 18.4 Å². The minimum atomic E-state index is -0.275. The number of nitrogens with zero attached hydrogens (tertiary/aromatic N) is 2. The average molecular weight is 441 g/mol. The minimum Gasteiger partial charge on any atom is -0.456 e. The van der Waals surface area contributed by atoms with E-state index in [9.17, 15) is 9.59 Å². The summed E-state index contributed by atoms with van der Waals surface area (Å²) in [7, 11) is 1.55. The number of carbonyl (C=O) groups excluding carboxylic acids is 2. The maximum atomic E-state index is 12.9. The van der Waals surface area contributed by atoms with Crippen molar-refractivity contribution in [2.24, 2.45) is 0 Å². The lowest BCUT2D eigenvalue weighted by molar-refractivity contribution is 0.0947. The van der Waals surface area contributed by atoms with Crippen molar-refractivity contribution in [2.45, 2.75) is 20.4 Å². The maximum Gasteiger partial charge on any atom is 0.269 e. The molecule has 0 aliphatic heterocycles. The number of pyridine rings is 2. The van der Waals surface area contributed by atoms with Gasteiger partial charge in [0.05, 0.1) is 5.52 Å². The maximum absolute atomic E-state index is 12.9. The fraction of sp³-hybridized carbons (Fsp3) is 0.154. The highest BCUT2D eigenvalue weighted by Gasteiger charge is 2.14. The highest BCUT2D eigenvalue weighted by Crippen LogP contribution is 2.32. The molecule has 2 N–H and O–H groups in total. The van der Waals surface area contributed by atoms with E-state index in [4.69, 9.17) is 4.74 Å². The normalized spacial score (nSPS) is 10.6. The van der Waals surface area contributed by atoms with Crippen molar-refractivity contribution in [1.29, 1.82) is 0 Å². The molecule has 0 atom stereocenters. The molecule has 0 saturated heterocycles. The van der Waals surface area contributed by atoms with Crippen LogP contribution in [0.2, 0.25) is 0 Å². The lowest BCUT2D eigenvalue weighted by atomic mass is 10.1. The van der Waals surface area contributed by atoms with Crippen LogP contribution in [0.1, 0.15) is 37.5 Å². The van der Waals surface area contributed by atoms with Crippen LogP contribution in [0.25, 0.3) is 10.9 Å². The summed E-state index contributed by atoms with van der Waals surface area (Å²) >= 11 is 0. The Morgan fingerprint density at radius 2 is 1.73 bits per heavy atom. The number of nitrogens with one attached hydrogen (secondary N) is 2. The zero-order chi connectivity index (χ0) is 23.4. The Hall–Kier alpha value is -4.26. The molecule has 4 aromatic rings. The molecular weight excluding hydrogens is 416 g/mol. The molecule has 0 fully saturated rings. The van der Waals surface area contributed by atoms with E-state index in [0.717, 1.165) is 27.6 Å². The van der Waals surface area contributed by atoms with Crippen LogP contribution in [-0.2, 0) is 6.54 Å².